The Bertz CT molecular complexity index is 261. The molecule has 3 atom stereocenters. The predicted octanol–water partition coefficient (Wildman–Crippen LogP) is 7.17. The summed E-state index contributed by atoms with van der Waals surface area (Å²) in [7, 11) is 0. The van der Waals surface area contributed by atoms with E-state index in [0.29, 0.717) is 0 Å². The Morgan fingerprint density at radius 1 is 0.900 bits per heavy atom. The van der Waals surface area contributed by atoms with Gasteiger partial charge in [0.05, 0.1) is 0 Å². The summed E-state index contributed by atoms with van der Waals surface area (Å²) in [5, 5.41) is 0. The van der Waals surface area contributed by atoms with Gasteiger partial charge >= 0.3 is 0 Å². The summed E-state index contributed by atoms with van der Waals surface area (Å²) in [6.07, 6.45) is 15.4. The molecule has 20 heavy (non-hydrogen) atoms. The molecule has 0 aromatic carbocycles. The minimum atomic E-state index is 0.818. The van der Waals surface area contributed by atoms with Crippen LogP contribution >= 0.6 is 0 Å². The van der Waals surface area contributed by atoms with E-state index in [4.69, 9.17) is 0 Å². The fraction of sp³-hybridized carbons (Fsp3) is 0.800. The maximum atomic E-state index is 3.90. The van der Waals surface area contributed by atoms with Gasteiger partial charge in [-0.25, -0.2) is 0 Å². The van der Waals surface area contributed by atoms with Crippen molar-refractivity contribution in [3.05, 3.63) is 24.3 Å². The van der Waals surface area contributed by atoms with Gasteiger partial charge in [-0.05, 0) is 31.1 Å². The Morgan fingerprint density at radius 2 is 1.40 bits per heavy atom. The lowest BCUT2D eigenvalue weighted by molar-refractivity contribution is 0.392. The molecule has 0 radical (unpaired) electrons. The van der Waals surface area contributed by atoms with E-state index in [-0.39, 0.29) is 0 Å². The first-order valence-electron chi connectivity index (χ1n) is 8.77. The summed E-state index contributed by atoms with van der Waals surface area (Å²) in [4.78, 5) is 0. The minimum absolute atomic E-state index is 0.818. The van der Waals surface area contributed by atoms with Crippen LogP contribution < -0.4 is 0 Å². The maximum Gasteiger partial charge on any atom is -0.0322 e. The molecule has 0 fully saturated rings. The molecule has 0 aliphatic heterocycles. The summed E-state index contributed by atoms with van der Waals surface area (Å²) in [6.45, 7) is 15.4. The standard InChI is InChI=1S/C20H38/c1-7-18(4)12-9-14-20(6)16-10-15-19(5)13-8-11-17(2)3/h8,11,18-20H,2,7,9-10,12-16H2,1,3-6H3/b11-8+. The zero-order valence-electron chi connectivity index (χ0n) is 14.8. The first kappa shape index (κ1) is 19.5. The number of hydrogen-bond donors (Lipinski definition) is 0. The summed E-state index contributed by atoms with van der Waals surface area (Å²) in [5.74, 6) is 2.65. The molecule has 0 nitrogen and oxygen atoms in total. The maximum absolute atomic E-state index is 3.90. The van der Waals surface area contributed by atoms with Crippen molar-refractivity contribution in [1.29, 1.82) is 0 Å². The van der Waals surface area contributed by atoms with Gasteiger partial charge < -0.3 is 0 Å². The van der Waals surface area contributed by atoms with Crippen molar-refractivity contribution in [3.63, 3.8) is 0 Å². The topological polar surface area (TPSA) is 0 Å². The van der Waals surface area contributed by atoms with Crippen LogP contribution in [-0.2, 0) is 0 Å². The molecule has 0 amide bonds. The molecule has 0 aromatic heterocycles. The van der Waals surface area contributed by atoms with E-state index in [1.54, 1.807) is 0 Å². The van der Waals surface area contributed by atoms with Crippen LogP contribution in [-0.4, -0.2) is 0 Å². The Labute approximate surface area is 128 Å². The third kappa shape index (κ3) is 12.5. The molecular weight excluding hydrogens is 240 g/mol. The highest BCUT2D eigenvalue weighted by molar-refractivity contribution is 5.10. The van der Waals surface area contributed by atoms with Crippen LogP contribution in [0.2, 0.25) is 0 Å². The summed E-state index contributed by atoms with van der Waals surface area (Å²) >= 11 is 0. The van der Waals surface area contributed by atoms with Crippen LogP contribution in [0.25, 0.3) is 0 Å². The average Bonchev–Trinajstić information content (AvgIpc) is 2.38. The van der Waals surface area contributed by atoms with Crippen LogP contribution in [0.3, 0.4) is 0 Å². The fourth-order valence-corrected chi connectivity index (χ4v) is 2.60. The largest absolute Gasteiger partial charge is 0.0961 e. The third-order valence-electron chi connectivity index (χ3n) is 4.43. The second-order valence-corrected chi connectivity index (χ2v) is 7.07. The van der Waals surface area contributed by atoms with E-state index in [1.807, 2.05) is 0 Å². The van der Waals surface area contributed by atoms with Crippen LogP contribution in [0.5, 0.6) is 0 Å². The molecule has 118 valence electrons. The third-order valence-corrected chi connectivity index (χ3v) is 4.43. The minimum Gasteiger partial charge on any atom is -0.0961 e. The Balaban J connectivity index is 3.55. The second-order valence-electron chi connectivity index (χ2n) is 7.07. The summed E-state index contributed by atoms with van der Waals surface area (Å²) < 4.78 is 0. The lowest BCUT2D eigenvalue weighted by atomic mass is 9.92. The molecule has 0 bridgehead atoms. The van der Waals surface area contributed by atoms with Crippen molar-refractivity contribution in [1.82, 2.24) is 0 Å². The second kappa shape index (κ2) is 12.2. The smallest absolute Gasteiger partial charge is 0.0322 e. The van der Waals surface area contributed by atoms with E-state index >= 15 is 0 Å². The quantitative estimate of drug-likeness (QED) is 0.332. The summed E-state index contributed by atoms with van der Waals surface area (Å²) in [6, 6.07) is 0. The molecule has 3 unspecified atom stereocenters. The SMILES string of the molecule is C=C(C)/C=C/CC(C)CCCC(C)CCCC(C)CC. The molecule has 0 aromatic rings. The molecule has 0 spiro atoms. The van der Waals surface area contributed by atoms with Crippen LogP contribution in [0, 0.1) is 17.8 Å². The molecule has 0 N–H and O–H groups in total. The number of hydrogen-bond acceptors (Lipinski definition) is 0. The van der Waals surface area contributed by atoms with Crippen molar-refractivity contribution in [2.75, 3.05) is 0 Å². The van der Waals surface area contributed by atoms with E-state index < -0.39 is 0 Å². The van der Waals surface area contributed by atoms with Gasteiger partial charge in [-0.3, -0.25) is 0 Å². The van der Waals surface area contributed by atoms with Gasteiger partial charge in [0, 0.05) is 0 Å². The van der Waals surface area contributed by atoms with Gasteiger partial charge in [0.25, 0.3) is 0 Å². The van der Waals surface area contributed by atoms with Gasteiger partial charge in [-0.15, -0.1) is 0 Å². The molecule has 0 saturated heterocycles. The molecule has 0 heterocycles. The highest BCUT2D eigenvalue weighted by Gasteiger charge is 2.06. The Kier molecular flexibility index (Phi) is 11.9. The first-order chi connectivity index (χ1) is 9.45. The van der Waals surface area contributed by atoms with Crippen molar-refractivity contribution in [2.24, 2.45) is 17.8 Å². The predicted molar refractivity (Wildman–Crippen MR) is 94.1 cm³/mol. The summed E-state index contributed by atoms with van der Waals surface area (Å²) in [5.41, 5.74) is 1.16. The van der Waals surface area contributed by atoms with Crippen molar-refractivity contribution >= 4 is 0 Å². The monoisotopic (exact) mass is 278 g/mol. The first-order valence-corrected chi connectivity index (χ1v) is 8.77. The zero-order valence-corrected chi connectivity index (χ0v) is 14.8. The Hall–Kier alpha value is -0.520. The van der Waals surface area contributed by atoms with Crippen LogP contribution in [0.4, 0.5) is 0 Å². The lowest BCUT2D eigenvalue weighted by Gasteiger charge is -2.14. The molecule has 0 aliphatic rings. The Morgan fingerprint density at radius 3 is 1.90 bits per heavy atom. The van der Waals surface area contributed by atoms with Crippen LogP contribution in [0.15, 0.2) is 24.3 Å². The van der Waals surface area contributed by atoms with Gasteiger partial charge in [-0.1, -0.05) is 96.9 Å². The van der Waals surface area contributed by atoms with E-state index in [1.165, 1.54) is 51.4 Å². The fourth-order valence-electron chi connectivity index (χ4n) is 2.60. The van der Waals surface area contributed by atoms with E-state index in [0.717, 1.165) is 23.3 Å². The van der Waals surface area contributed by atoms with E-state index in [9.17, 15) is 0 Å². The molecule has 0 saturated carbocycles. The molecular formula is C20H38. The molecule has 0 rings (SSSR count). The van der Waals surface area contributed by atoms with Crippen molar-refractivity contribution in [2.45, 2.75) is 86.0 Å². The molecule has 0 heteroatoms. The zero-order chi connectivity index (χ0) is 15.4. The molecule has 0 aliphatic carbocycles. The number of rotatable bonds is 12. The highest BCUT2D eigenvalue weighted by atomic mass is 14.1. The average molecular weight is 279 g/mol. The van der Waals surface area contributed by atoms with E-state index in [2.05, 4.69) is 53.3 Å². The normalized spacial score (nSPS) is 16.2. The van der Waals surface area contributed by atoms with Crippen molar-refractivity contribution < 1.29 is 0 Å². The van der Waals surface area contributed by atoms with Crippen molar-refractivity contribution in [3.8, 4) is 0 Å². The van der Waals surface area contributed by atoms with Gasteiger partial charge in [0.2, 0.25) is 0 Å². The van der Waals surface area contributed by atoms with Crippen LogP contribution in [0.1, 0.15) is 86.0 Å². The highest BCUT2D eigenvalue weighted by Crippen LogP contribution is 2.21. The van der Waals surface area contributed by atoms with Gasteiger partial charge in [0.1, 0.15) is 0 Å². The van der Waals surface area contributed by atoms with Gasteiger partial charge in [0.15, 0.2) is 0 Å². The lowest BCUT2D eigenvalue weighted by Crippen LogP contribution is -2.00. The van der Waals surface area contributed by atoms with Gasteiger partial charge in [-0.2, -0.15) is 0 Å². The number of allylic oxidation sites excluding steroid dienone is 3.